The number of piperidine rings is 1. The van der Waals surface area contributed by atoms with Gasteiger partial charge >= 0.3 is 0 Å². The highest BCUT2D eigenvalue weighted by Crippen LogP contribution is 2.60. The van der Waals surface area contributed by atoms with Crippen LogP contribution in [0.3, 0.4) is 0 Å². The number of hydrogen-bond acceptors (Lipinski definition) is 6. The van der Waals surface area contributed by atoms with Gasteiger partial charge in [-0.05, 0) is 36.0 Å². The van der Waals surface area contributed by atoms with Crippen LogP contribution in [0, 0.1) is 16.7 Å². The van der Waals surface area contributed by atoms with E-state index in [1.807, 2.05) is 64.0 Å². The molecule has 0 radical (unpaired) electrons. The number of nitrogens with zero attached hydrogens (tertiary/aromatic N) is 3. The summed E-state index contributed by atoms with van der Waals surface area (Å²) >= 11 is 6.55. The van der Waals surface area contributed by atoms with Crippen molar-refractivity contribution in [3.8, 4) is 0 Å². The lowest BCUT2D eigenvalue weighted by Gasteiger charge is -2.47. The Bertz CT molecular complexity index is 851. The third-order valence-electron chi connectivity index (χ3n) is 6.61. The largest absolute Gasteiger partial charge is 0.378 e. The lowest BCUT2D eigenvalue weighted by molar-refractivity contribution is -0.166. The standard InChI is InChI=1S/C21H28N4O2S2/c1-20(2)16-10-11-21(20,3)18(27)25(17(16)26)13-29-19(28)23-22-12-14-6-8-15(9-7-14)24(4)5/h6-9,12,16H,10-11,13H2,1-5H3,(H,23,28)/t16-,21+/m1/s1. The molecule has 0 unspecified atom stereocenters. The summed E-state index contributed by atoms with van der Waals surface area (Å²) in [4.78, 5) is 29.3. The number of fused-ring (bicyclic) bond motifs is 2. The van der Waals surface area contributed by atoms with Gasteiger partial charge in [-0.1, -0.05) is 56.9 Å². The van der Waals surface area contributed by atoms with Gasteiger partial charge in [0, 0.05) is 25.7 Å². The molecule has 2 fully saturated rings. The first-order chi connectivity index (χ1) is 13.6. The van der Waals surface area contributed by atoms with Gasteiger partial charge in [0.2, 0.25) is 11.8 Å². The zero-order chi connectivity index (χ0) is 21.4. The van der Waals surface area contributed by atoms with Crippen molar-refractivity contribution < 1.29 is 9.59 Å². The number of hydrazone groups is 1. The summed E-state index contributed by atoms with van der Waals surface area (Å²) < 4.78 is 0.425. The van der Waals surface area contributed by atoms with Gasteiger partial charge < -0.3 is 4.90 Å². The van der Waals surface area contributed by atoms with Crippen molar-refractivity contribution in [1.82, 2.24) is 10.3 Å². The van der Waals surface area contributed by atoms with E-state index >= 15 is 0 Å². The second-order valence-corrected chi connectivity index (χ2v) is 10.3. The first kappa shape index (κ1) is 21.8. The summed E-state index contributed by atoms with van der Waals surface area (Å²) in [6.45, 7) is 6.07. The maximum absolute atomic E-state index is 13.0. The monoisotopic (exact) mass is 432 g/mol. The zero-order valence-corrected chi connectivity index (χ0v) is 19.2. The molecule has 1 aromatic carbocycles. The Kier molecular flexibility index (Phi) is 6.06. The number of likely N-dealkylation sites (tertiary alicyclic amines) is 1. The fraction of sp³-hybridized carbons (Fsp3) is 0.524. The number of rotatable bonds is 5. The van der Waals surface area contributed by atoms with Crippen LogP contribution in [0.15, 0.2) is 29.4 Å². The van der Waals surface area contributed by atoms with Crippen LogP contribution in [0.1, 0.15) is 39.2 Å². The van der Waals surface area contributed by atoms with E-state index in [0.29, 0.717) is 4.32 Å². The molecule has 0 aromatic heterocycles. The molecule has 0 spiro atoms. The average Bonchev–Trinajstić information content (AvgIpc) is 2.85. The second kappa shape index (κ2) is 8.07. The minimum atomic E-state index is -0.488. The smallest absolute Gasteiger partial charge is 0.236 e. The van der Waals surface area contributed by atoms with Crippen LogP contribution in [0.2, 0.25) is 0 Å². The minimum absolute atomic E-state index is 0.0743. The molecule has 6 nitrogen and oxygen atoms in total. The molecule has 156 valence electrons. The lowest BCUT2D eigenvalue weighted by Crippen LogP contribution is -2.58. The normalized spacial score (nSPS) is 25.6. The van der Waals surface area contributed by atoms with E-state index in [9.17, 15) is 9.59 Å². The lowest BCUT2D eigenvalue weighted by atomic mass is 9.62. The number of thioether (sulfide) groups is 1. The molecule has 1 heterocycles. The molecule has 3 rings (SSSR count). The Labute approximate surface area is 182 Å². The molecule has 1 aromatic rings. The van der Waals surface area contributed by atoms with Crippen molar-refractivity contribution in [2.45, 2.75) is 33.6 Å². The quantitative estimate of drug-likeness (QED) is 0.333. The van der Waals surface area contributed by atoms with Crippen molar-refractivity contribution in [2.75, 3.05) is 24.9 Å². The summed E-state index contributed by atoms with van der Waals surface area (Å²) in [5, 5.41) is 4.16. The number of thiocarbonyl (C=S) groups is 1. The molecular weight excluding hydrogens is 404 g/mol. The number of anilines is 1. The van der Waals surface area contributed by atoms with E-state index in [2.05, 4.69) is 10.5 Å². The molecular formula is C21H28N4O2S2. The number of nitrogens with one attached hydrogen (secondary N) is 1. The van der Waals surface area contributed by atoms with Gasteiger partial charge in [-0.15, -0.1) is 0 Å². The average molecular weight is 433 g/mol. The third-order valence-corrected chi connectivity index (χ3v) is 7.80. The first-order valence-corrected chi connectivity index (χ1v) is 11.1. The zero-order valence-electron chi connectivity index (χ0n) is 17.6. The molecule has 2 amide bonds. The summed E-state index contributed by atoms with van der Waals surface area (Å²) in [6, 6.07) is 7.97. The summed E-state index contributed by atoms with van der Waals surface area (Å²) in [5.41, 5.74) is 4.08. The number of carbonyl (C=O) groups excluding carboxylic acids is 2. The molecule has 1 saturated heterocycles. The first-order valence-electron chi connectivity index (χ1n) is 9.67. The van der Waals surface area contributed by atoms with Gasteiger partial charge in [0.05, 0.1) is 17.5 Å². The molecule has 2 bridgehead atoms. The Morgan fingerprint density at radius 3 is 2.59 bits per heavy atom. The maximum atomic E-state index is 13.0. The van der Waals surface area contributed by atoms with Crippen LogP contribution >= 0.6 is 24.0 Å². The summed E-state index contributed by atoms with van der Waals surface area (Å²) in [5.74, 6) is -0.0371. The molecule has 2 aliphatic rings. The van der Waals surface area contributed by atoms with Crippen LogP contribution in [0.4, 0.5) is 5.69 Å². The van der Waals surface area contributed by atoms with Crippen LogP contribution in [0.25, 0.3) is 0 Å². The third kappa shape index (κ3) is 3.92. The van der Waals surface area contributed by atoms with E-state index in [1.165, 1.54) is 16.7 Å². The number of carbonyl (C=O) groups is 2. The fourth-order valence-corrected chi connectivity index (χ4v) is 5.02. The molecule has 1 aliphatic heterocycles. The van der Waals surface area contributed by atoms with Crippen molar-refractivity contribution >= 4 is 52.0 Å². The second-order valence-electron chi connectivity index (χ2n) is 8.63. The van der Waals surface area contributed by atoms with Crippen molar-refractivity contribution in [3.63, 3.8) is 0 Å². The highest BCUT2D eigenvalue weighted by molar-refractivity contribution is 8.22. The van der Waals surface area contributed by atoms with Crippen molar-refractivity contribution in [1.29, 1.82) is 0 Å². The van der Waals surface area contributed by atoms with Gasteiger partial charge in [-0.3, -0.25) is 19.9 Å². The molecule has 2 atom stereocenters. The van der Waals surface area contributed by atoms with E-state index in [0.717, 1.165) is 24.1 Å². The highest BCUT2D eigenvalue weighted by Gasteiger charge is 2.64. The van der Waals surface area contributed by atoms with Gasteiger partial charge in [-0.25, -0.2) is 0 Å². The minimum Gasteiger partial charge on any atom is -0.378 e. The molecule has 1 saturated carbocycles. The predicted molar refractivity (Wildman–Crippen MR) is 123 cm³/mol. The van der Waals surface area contributed by atoms with E-state index < -0.39 is 5.41 Å². The summed E-state index contributed by atoms with van der Waals surface area (Å²) in [6.07, 6.45) is 3.22. The van der Waals surface area contributed by atoms with Crippen molar-refractivity contribution in [2.24, 2.45) is 21.8 Å². The summed E-state index contributed by atoms with van der Waals surface area (Å²) in [7, 11) is 3.98. The Morgan fingerprint density at radius 1 is 1.31 bits per heavy atom. The number of amides is 2. The van der Waals surface area contributed by atoms with E-state index in [4.69, 9.17) is 12.2 Å². The van der Waals surface area contributed by atoms with Gasteiger partial charge in [-0.2, -0.15) is 5.10 Å². The van der Waals surface area contributed by atoms with Gasteiger partial charge in [0.1, 0.15) is 0 Å². The Balaban J connectivity index is 1.54. The van der Waals surface area contributed by atoms with Crippen molar-refractivity contribution in [3.05, 3.63) is 29.8 Å². The van der Waals surface area contributed by atoms with E-state index in [1.54, 1.807) is 6.21 Å². The van der Waals surface area contributed by atoms with Crippen LogP contribution < -0.4 is 10.3 Å². The van der Waals surface area contributed by atoms with Crippen LogP contribution in [-0.2, 0) is 9.59 Å². The number of hydrogen-bond donors (Lipinski definition) is 1. The number of benzene rings is 1. The predicted octanol–water partition coefficient (Wildman–Crippen LogP) is 3.46. The Morgan fingerprint density at radius 2 is 1.97 bits per heavy atom. The van der Waals surface area contributed by atoms with Crippen LogP contribution in [-0.4, -0.2) is 47.2 Å². The fourth-order valence-electron chi connectivity index (χ4n) is 4.20. The highest BCUT2D eigenvalue weighted by atomic mass is 32.2. The molecule has 29 heavy (non-hydrogen) atoms. The van der Waals surface area contributed by atoms with E-state index in [-0.39, 0.29) is 29.0 Å². The SMILES string of the molecule is CN(C)c1ccc(C=NNC(=S)SCN2C(=O)[C@H]3CC[C@@](C)(C2=O)C3(C)C)cc1. The number of imide groups is 1. The molecule has 1 aliphatic carbocycles. The maximum Gasteiger partial charge on any atom is 0.236 e. The Hall–Kier alpha value is -1.93. The molecule has 1 N–H and O–H groups in total. The topological polar surface area (TPSA) is 65.0 Å². The van der Waals surface area contributed by atoms with Gasteiger partial charge in [0.25, 0.3) is 0 Å². The molecule has 8 heteroatoms. The van der Waals surface area contributed by atoms with Crippen LogP contribution in [0.5, 0.6) is 0 Å². The van der Waals surface area contributed by atoms with Gasteiger partial charge in [0.15, 0.2) is 4.32 Å².